The Morgan fingerprint density at radius 3 is 2.89 bits per heavy atom. The molecule has 0 aromatic carbocycles. The van der Waals surface area contributed by atoms with Gasteiger partial charge in [0.1, 0.15) is 0 Å². The normalized spacial score (nSPS) is 24.0. The minimum Gasteiger partial charge on any atom is -0.466 e. The Hall–Kier alpha value is -1.08. The van der Waals surface area contributed by atoms with E-state index in [2.05, 4.69) is 11.4 Å². The maximum atomic E-state index is 11.2. The molecule has 0 amide bonds. The van der Waals surface area contributed by atoms with Gasteiger partial charge in [0.25, 0.3) is 0 Å². The van der Waals surface area contributed by atoms with Crippen molar-refractivity contribution in [3.05, 3.63) is 0 Å². The Balaban J connectivity index is 2.20. The Labute approximate surface area is 110 Å². The molecular formula is C14H24N2O2. The standard InChI is InChI=1S/C14H24N2O2/c1-2-18-14(17)9-6-10-16-13-8-5-3-4-7-12(13)11-15/h12-13,16H,2-10H2,1H3. The topological polar surface area (TPSA) is 62.1 Å². The highest BCUT2D eigenvalue weighted by molar-refractivity contribution is 5.69. The highest BCUT2D eigenvalue weighted by Crippen LogP contribution is 2.22. The molecule has 0 spiro atoms. The van der Waals surface area contributed by atoms with Crippen LogP contribution in [0.4, 0.5) is 0 Å². The van der Waals surface area contributed by atoms with Crippen LogP contribution < -0.4 is 5.32 Å². The van der Waals surface area contributed by atoms with Crippen LogP contribution in [0.15, 0.2) is 0 Å². The fraction of sp³-hybridized carbons (Fsp3) is 0.857. The Morgan fingerprint density at radius 1 is 1.39 bits per heavy atom. The minimum absolute atomic E-state index is 0.128. The fourth-order valence-corrected chi connectivity index (χ4v) is 2.46. The van der Waals surface area contributed by atoms with Gasteiger partial charge in [-0.25, -0.2) is 0 Å². The number of esters is 1. The number of hydrogen-bond acceptors (Lipinski definition) is 4. The molecule has 1 aliphatic carbocycles. The lowest BCUT2D eigenvalue weighted by atomic mass is 9.96. The molecule has 2 unspecified atom stereocenters. The van der Waals surface area contributed by atoms with E-state index in [-0.39, 0.29) is 11.9 Å². The van der Waals surface area contributed by atoms with Crippen LogP contribution in [-0.2, 0) is 9.53 Å². The summed E-state index contributed by atoms with van der Waals surface area (Å²) in [5.74, 6) is 0.00657. The second-order valence-corrected chi connectivity index (χ2v) is 4.84. The zero-order chi connectivity index (χ0) is 13.2. The molecule has 18 heavy (non-hydrogen) atoms. The van der Waals surface area contributed by atoms with Crippen LogP contribution in [0.5, 0.6) is 0 Å². The highest BCUT2D eigenvalue weighted by atomic mass is 16.5. The van der Waals surface area contributed by atoms with E-state index in [1.54, 1.807) is 0 Å². The number of rotatable bonds is 6. The van der Waals surface area contributed by atoms with Gasteiger partial charge in [0.2, 0.25) is 0 Å². The molecule has 0 saturated heterocycles. The zero-order valence-electron chi connectivity index (χ0n) is 11.3. The van der Waals surface area contributed by atoms with Crippen molar-refractivity contribution in [2.24, 2.45) is 5.92 Å². The van der Waals surface area contributed by atoms with Crippen LogP contribution in [0.3, 0.4) is 0 Å². The molecule has 102 valence electrons. The molecular weight excluding hydrogens is 228 g/mol. The van der Waals surface area contributed by atoms with E-state index in [4.69, 9.17) is 10.00 Å². The first kappa shape index (κ1) is 15.0. The predicted octanol–water partition coefficient (Wildman–Crippen LogP) is 2.39. The van der Waals surface area contributed by atoms with Crippen LogP contribution >= 0.6 is 0 Å². The number of nitrogens with zero attached hydrogens (tertiary/aromatic N) is 1. The van der Waals surface area contributed by atoms with Gasteiger partial charge in [-0.3, -0.25) is 4.79 Å². The van der Waals surface area contributed by atoms with Gasteiger partial charge in [-0.15, -0.1) is 0 Å². The molecule has 1 aliphatic rings. The average molecular weight is 252 g/mol. The van der Waals surface area contributed by atoms with Gasteiger partial charge in [-0.1, -0.05) is 19.3 Å². The number of carbonyl (C=O) groups excluding carboxylic acids is 1. The van der Waals surface area contributed by atoms with Crippen LogP contribution in [0, 0.1) is 17.2 Å². The van der Waals surface area contributed by atoms with Crippen molar-refractivity contribution in [1.82, 2.24) is 5.32 Å². The molecule has 4 heteroatoms. The Morgan fingerprint density at radius 2 is 2.17 bits per heavy atom. The second-order valence-electron chi connectivity index (χ2n) is 4.84. The molecule has 0 bridgehead atoms. The smallest absolute Gasteiger partial charge is 0.305 e. The van der Waals surface area contributed by atoms with E-state index in [1.165, 1.54) is 19.3 Å². The molecule has 1 N–H and O–H groups in total. The molecule has 1 saturated carbocycles. The summed E-state index contributed by atoms with van der Waals surface area (Å²) in [6.07, 6.45) is 6.94. The molecule has 0 aromatic rings. The molecule has 0 aliphatic heterocycles. The largest absolute Gasteiger partial charge is 0.466 e. The third-order valence-corrected chi connectivity index (χ3v) is 3.45. The Kier molecular flexibility index (Phi) is 7.43. The van der Waals surface area contributed by atoms with Crippen molar-refractivity contribution in [3.63, 3.8) is 0 Å². The van der Waals surface area contributed by atoms with Crippen LogP contribution in [0.2, 0.25) is 0 Å². The van der Waals surface area contributed by atoms with Gasteiger partial charge < -0.3 is 10.1 Å². The quantitative estimate of drug-likeness (QED) is 0.448. The van der Waals surface area contributed by atoms with Gasteiger partial charge in [0.05, 0.1) is 18.6 Å². The summed E-state index contributed by atoms with van der Waals surface area (Å²) in [5.41, 5.74) is 0. The van der Waals surface area contributed by atoms with Crippen molar-refractivity contribution >= 4 is 5.97 Å². The molecule has 0 aromatic heterocycles. The third kappa shape index (κ3) is 5.50. The van der Waals surface area contributed by atoms with Crippen molar-refractivity contribution in [3.8, 4) is 6.07 Å². The lowest BCUT2D eigenvalue weighted by molar-refractivity contribution is -0.143. The Bertz CT molecular complexity index is 286. The second kappa shape index (κ2) is 8.93. The van der Waals surface area contributed by atoms with Gasteiger partial charge >= 0.3 is 5.97 Å². The van der Waals surface area contributed by atoms with Gasteiger partial charge in [0.15, 0.2) is 0 Å². The first-order valence-electron chi connectivity index (χ1n) is 7.06. The number of carbonyl (C=O) groups is 1. The lowest BCUT2D eigenvalue weighted by Gasteiger charge is -2.20. The first-order valence-corrected chi connectivity index (χ1v) is 7.06. The number of nitrogens with one attached hydrogen (secondary N) is 1. The fourth-order valence-electron chi connectivity index (χ4n) is 2.46. The number of nitriles is 1. The van der Waals surface area contributed by atoms with E-state index < -0.39 is 0 Å². The van der Waals surface area contributed by atoms with E-state index in [1.807, 2.05) is 6.92 Å². The van der Waals surface area contributed by atoms with Crippen molar-refractivity contribution in [2.75, 3.05) is 13.2 Å². The molecule has 0 heterocycles. The molecule has 0 radical (unpaired) electrons. The summed E-state index contributed by atoms with van der Waals surface area (Å²) in [7, 11) is 0. The van der Waals surface area contributed by atoms with Crippen LogP contribution in [0.25, 0.3) is 0 Å². The van der Waals surface area contributed by atoms with Gasteiger partial charge in [0, 0.05) is 12.5 Å². The zero-order valence-corrected chi connectivity index (χ0v) is 11.3. The minimum atomic E-state index is -0.128. The van der Waals surface area contributed by atoms with E-state index in [9.17, 15) is 4.79 Å². The lowest BCUT2D eigenvalue weighted by Crippen LogP contribution is -2.35. The van der Waals surface area contributed by atoms with Crippen LogP contribution in [-0.4, -0.2) is 25.2 Å². The summed E-state index contributed by atoms with van der Waals surface area (Å²) in [6.45, 7) is 3.06. The summed E-state index contributed by atoms with van der Waals surface area (Å²) in [6, 6.07) is 2.72. The van der Waals surface area contributed by atoms with E-state index >= 15 is 0 Å². The SMILES string of the molecule is CCOC(=O)CCCNC1CCCCCC1C#N. The summed E-state index contributed by atoms with van der Waals surface area (Å²) >= 11 is 0. The van der Waals surface area contributed by atoms with Crippen molar-refractivity contribution in [2.45, 2.75) is 57.9 Å². The van der Waals surface area contributed by atoms with Gasteiger partial charge in [-0.05, 0) is 32.7 Å². The first-order chi connectivity index (χ1) is 8.77. The third-order valence-electron chi connectivity index (χ3n) is 3.45. The van der Waals surface area contributed by atoms with Crippen molar-refractivity contribution in [1.29, 1.82) is 5.26 Å². The van der Waals surface area contributed by atoms with E-state index in [0.29, 0.717) is 19.1 Å². The molecule has 1 fully saturated rings. The average Bonchev–Trinajstić information content (AvgIpc) is 2.60. The predicted molar refractivity (Wildman–Crippen MR) is 69.8 cm³/mol. The maximum Gasteiger partial charge on any atom is 0.305 e. The van der Waals surface area contributed by atoms with Gasteiger partial charge in [-0.2, -0.15) is 5.26 Å². The van der Waals surface area contributed by atoms with Crippen molar-refractivity contribution < 1.29 is 9.53 Å². The van der Waals surface area contributed by atoms with Crippen LogP contribution in [0.1, 0.15) is 51.9 Å². The van der Waals surface area contributed by atoms with E-state index in [0.717, 1.165) is 25.8 Å². The molecule has 4 nitrogen and oxygen atoms in total. The number of hydrogen-bond donors (Lipinski definition) is 1. The summed E-state index contributed by atoms with van der Waals surface area (Å²) in [5, 5.41) is 12.6. The number of ether oxygens (including phenoxy) is 1. The molecule has 2 atom stereocenters. The molecule has 1 rings (SSSR count). The maximum absolute atomic E-state index is 11.2. The highest BCUT2D eigenvalue weighted by Gasteiger charge is 2.22. The summed E-state index contributed by atoms with van der Waals surface area (Å²) in [4.78, 5) is 11.2. The summed E-state index contributed by atoms with van der Waals surface area (Å²) < 4.78 is 4.88. The monoisotopic (exact) mass is 252 g/mol.